The van der Waals surface area contributed by atoms with Crippen LogP contribution in [0.4, 0.5) is 0 Å². The molecule has 2 rings (SSSR count). The molecule has 2 aromatic rings. The van der Waals surface area contributed by atoms with Gasteiger partial charge in [-0.3, -0.25) is 0 Å². The number of hydrogen-bond donors (Lipinski definition) is 0. The Morgan fingerprint density at radius 3 is 2.29 bits per heavy atom. The molecular weight excluding hydrogens is 392 g/mol. The first-order valence-electron chi connectivity index (χ1n) is 4.43. The van der Waals surface area contributed by atoms with Gasteiger partial charge in [0.05, 0.1) is 3.79 Å². The molecule has 0 amide bonds. The average molecular weight is 398 g/mol. The van der Waals surface area contributed by atoms with E-state index < -0.39 is 10.1 Å². The fourth-order valence-electron chi connectivity index (χ4n) is 1.09. The van der Waals surface area contributed by atoms with Crippen LogP contribution in [0, 0.1) is 0 Å². The predicted octanol–water partition coefficient (Wildman–Crippen LogP) is 4.04. The third-order valence-electron chi connectivity index (χ3n) is 1.82. The van der Waals surface area contributed by atoms with Crippen LogP contribution in [0.2, 0.25) is 0 Å². The van der Waals surface area contributed by atoms with Crippen molar-refractivity contribution >= 4 is 53.3 Å². The van der Waals surface area contributed by atoms with Gasteiger partial charge in [-0.1, -0.05) is 18.2 Å². The van der Waals surface area contributed by atoms with E-state index in [1.807, 2.05) is 0 Å². The minimum atomic E-state index is -3.76. The third-order valence-corrected chi connectivity index (χ3v) is 6.75. The van der Waals surface area contributed by atoms with Crippen LogP contribution in [0.15, 0.2) is 48.9 Å². The summed E-state index contributed by atoms with van der Waals surface area (Å²) in [4.78, 5) is 0. The van der Waals surface area contributed by atoms with Crippen molar-refractivity contribution in [3.8, 4) is 5.75 Å². The van der Waals surface area contributed by atoms with Crippen LogP contribution in [0.1, 0.15) is 0 Å². The molecule has 0 aliphatic carbocycles. The van der Waals surface area contributed by atoms with E-state index in [2.05, 4.69) is 31.9 Å². The lowest BCUT2D eigenvalue weighted by molar-refractivity contribution is 0.488. The first kappa shape index (κ1) is 13.1. The Kier molecular flexibility index (Phi) is 3.92. The summed E-state index contributed by atoms with van der Waals surface area (Å²) in [7, 11) is -3.76. The molecule has 0 aliphatic heterocycles. The van der Waals surface area contributed by atoms with Gasteiger partial charge in [-0.15, -0.1) is 11.3 Å². The zero-order valence-corrected chi connectivity index (χ0v) is 13.1. The van der Waals surface area contributed by atoms with Crippen LogP contribution in [0.25, 0.3) is 0 Å². The summed E-state index contributed by atoms with van der Waals surface area (Å²) in [6.07, 6.45) is 0. The number of para-hydroxylation sites is 1. The monoisotopic (exact) mass is 396 g/mol. The molecule has 0 aliphatic rings. The highest BCUT2D eigenvalue weighted by atomic mass is 79.9. The average Bonchev–Trinajstić information content (AvgIpc) is 2.61. The highest BCUT2D eigenvalue weighted by Gasteiger charge is 2.20. The van der Waals surface area contributed by atoms with Gasteiger partial charge in [0.1, 0.15) is 5.75 Å². The molecule has 0 fully saturated rings. The van der Waals surface area contributed by atoms with E-state index in [4.69, 9.17) is 4.18 Å². The topological polar surface area (TPSA) is 43.4 Å². The molecule has 0 atom stereocenters. The third kappa shape index (κ3) is 3.09. The van der Waals surface area contributed by atoms with Crippen molar-refractivity contribution in [2.45, 2.75) is 4.21 Å². The molecule has 1 heterocycles. The lowest BCUT2D eigenvalue weighted by atomic mass is 10.3. The van der Waals surface area contributed by atoms with Gasteiger partial charge in [0, 0.05) is 4.47 Å². The van der Waals surface area contributed by atoms with E-state index >= 15 is 0 Å². The van der Waals surface area contributed by atoms with Gasteiger partial charge in [0.25, 0.3) is 0 Å². The van der Waals surface area contributed by atoms with Crippen LogP contribution < -0.4 is 4.18 Å². The molecule has 0 spiro atoms. The van der Waals surface area contributed by atoms with E-state index in [1.54, 1.807) is 30.3 Å². The van der Waals surface area contributed by atoms with E-state index in [1.165, 1.54) is 6.07 Å². The molecular formula is C10H6Br2O3S2. The SMILES string of the molecule is O=S(=O)(Oc1ccccc1)c1cc(Br)c(Br)s1. The molecule has 1 aromatic heterocycles. The Bertz CT molecular complexity index is 601. The largest absolute Gasteiger partial charge is 0.378 e. The molecule has 0 N–H and O–H groups in total. The zero-order valence-electron chi connectivity index (χ0n) is 8.26. The molecule has 0 unspecified atom stereocenters. The van der Waals surface area contributed by atoms with Crippen LogP contribution in [0.5, 0.6) is 5.75 Å². The Balaban J connectivity index is 2.32. The zero-order chi connectivity index (χ0) is 12.5. The minimum Gasteiger partial charge on any atom is -0.378 e. The molecule has 7 heteroatoms. The Labute approximate surface area is 120 Å². The maximum atomic E-state index is 11.9. The summed E-state index contributed by atoms with van der Waals surface area (Å²) in [6, 6.07) is 9.91. The van der Waals surface area contributed by atoms with Crippen molar-refractivity contribution in [1.82, 2.24) is 0 Å². The standard InChI is InChI=1S/C10H6Br2O3S2/c11-8-6-9(16-10(8)12)17(13,14)15-7-4-2-1-3-5-7/h1-6H. The van der Waals surface area contributed by atoms with Crippen molar-refractivity contribution in [3.05, 3.63) is 44.7 Å². The lowest BCUT2D eigenvalue weighted by Gasteiger charge is -2.03. The lowest BCUT2D eigenvalue weighted by Crippen LogP contribution is -2.07. The van der Waals surface area contributed by atoms with Gasteiger partial charge in [0.2, 0.25) is 0 Å². The molecule has 0 radical (unpaired) electrons. The van der Waals surface area contributed by atoms with Crippen molar-refractivity contribution < 1.29 is 12.6 Å². The molecule has 3 nitrogen and oxygen atoms in total. The fourth-order valence-corrected chi connectivity index (χ4v) is 4.81. The number of halogens is 2. The minimum absolute atomic E-state index is 0.153. The molecule has 17 heavy (non-hydrogen) atoms. The summed E-state index contributed by atoms with van der Waals surface area (Å²) in [5, 5.41) is 0. The van der Waals surface area contributed by atoms with E-state index in [0.717, 1.165) is 11.3 Å². The summed E-state index contributed by atoms with van der Waals surface area (Å²) in [6.45, 7) is 0. The molecule has 90 valence electrons. The Hall–Kier alpha value is -0.370. The van der Waals surface area contributed by atoms with Crippen LogP contribution >= 0.6 is 43.2 Å². The van der Waals surface area contributed by atoms with Gasteiger partial charge in [-0.2, -0.15) is 8.42 Å². The number of rotatable bonds is 3. The molecule has 0 bridgehead atoms. The second kappa shape index (κ2) is 5.09. The van der Waals surface area contributed by atoms with E-state index in [-0.39, 0.29) is 4.21 Å². The van der Waals surface area contributed by atoms with Crippen LogP contribution in [-0.2, 0) is 10.1 Å². The van der Waals surface area contributed by atoms with Gasteiger partial charge < -0.3 is 4.18 Å². The summed E-state index contributed by atoms with van der Waals surface area (Å²) < 4.78 is 30.4. The smallest absolute Gasteiger partial charge is 0.348 e. The maximum absolute atomic E-state index is 11.9. The first-order chi connectivity index (χ1) is 7.99. The van der Waals surface area contributed by atoms with Gasteiger partial charge in [-0.25, -0.2) is 0 Å². The van der Waals surface area contributed by atoms with Gasteiger partial charge in [0.15, 0.2) is 4.21 Å². The van der Waals surface area contributed by atoms with Gasteiger partial charge >= 0.3 is 10.1 Å². The predicted molar refractivity (Wildman–Crippen MR) is 74.0 cm³/mol. The first-order valence-corrected chi connectivity index (χ1v) is 8.24. The second-order valence-corrected chi connectivity index (χ2v) is 8.04. The number of hydrogen-bond acceptors (Lipinski definition) is 4. The van der Waals surface area contributed by atoms with Crippen molar-refractivity contribution in [2.75, 3.05) is 0 Å². The molecule has 1 aromatic carbocycles. The fraction of sp³-hybridized carbons (Fsp3) is 0. The highest BCUT2D eigenvalue weighted by molar-refractivity contribution is 9.13. The summed E-state index contributed by atoms with van der Waals surface area (Å²) >= 11 is 7.58. The maximum Gasteiger partial charge on any atom is 0.348 e. The van der Waals surface area contributed by atoms with Crippen molar-refractivity contribution in [1.29, 1.82) is 0 Å². The summed E-state index contributed by atoms with van der Waals surface area (Å²) in [5.41, 5.74) is 0. The normalized spacial score (nSPS) is 11.4. The van der Waals surface area contributed by atoms with Crippen LogP contribution in [0.3, 0.4) is 0 Å². The number of benzene rings is 1. The van der Waals surface area contributed by atoms with E-state index in [0.29, 0.717) is 14.0 Å². The highest BCUT2D eigenvalue weighted by Crippen LogP contribution is 2.35. The number of thiophene rings is 1. The second-order valence-electron chi connectivity index (χ2n) is 3.04. The Morgan fingerprint density at radius 1 is 1.12 bits per heavy atom. The summed E-state index contributed by atoms with van der Waals surface area (Å²) in [5.74, 6) is 0.299. The molecule has 0 saturated heterocycles. The van der Waals surface area contributed by atoms with Crippen molar-refractivity contribution in [3.63, 3.8) is 0 Å². The van der Waals surface area contributed by atoms with Crippen LogP contribution in [-0.4, -0.2) is 8.42 Å². The van der Waals surface area contributed by atoms with Gasteiger partial charge in [-0.05, 0) is 50.1 Å². The quantitative estimate of drug-likeness (QED) is 0.734. The van der Waals surface area contributed by atoms with Crippen molar-refractivity contribution in [2.24, 2.45) is 0 Å². The van der Waals surface area contributed by atoms with E-state index in [9.17, 15) is 8.42 Å². The molecule has 0 saturated carbocycles. The Morgan fingerprint density at radius 2 is 1.76 bits per heavy atom.